The second kappa shape index (κ2) is 8.12. The Balaban J connectivity index is 1.51. The normalized spacial score (nSPS) is 26.4. The van der Waals surface area contributed by atoms with Gasteiger partial charge in [-0.2, -0.15) is 0 Å². The second-order valence-corrected chi connectivity index (χ2v) is 7.04. The summed E-state index contributed by atoms with van der Waals surface area (Å²) in [6, 6.07) is 8.81. The molecular formula is C20H30O2. The topological polar surface area (TPSA) is 18.5 Å². The van der Waals surface area contributed by atoms with E-state index in [2.05, 4.69) is 31.2 Å². The van der Waals surface area contributed by atoms with Crippen molar-refractivity contribution in [2.45, 2.75) is 64.6 Å². The summed E-state index contributed by atoms with van der Waals surface area (Å²) in [5.41, 5.74) is 2.62. The van der Waals surface area contributed by atoms with Gasteiger partial charge >= 0.3 is 0 Å². The summed E-state index contributed by atoms with van der Waals surface area (Å²) < 4.78 is 11.2. The van der Waals surface area contributed by atoms with Crippen LogP contribution in [-0.2, 0) is 15.9 Å². The van der Waals surface area contributed by atoms with Gasteiger partial charge in [-0.25, -0.2) is 0 Å². The van der Waals surface area contributed by atoms with E-state index in [0.29, 0.717) is 0 Å². The van der Waals surface area contributed by atoms with E-state index in [1.165, 1.54) is 62.5 Å². The van der Waals surface area contributed by atoms with Gasteiger partial charge in [-0.05, 0) is 36.7 Å². The average Bonchev–Trinajstić information content (AvgIpc) is 3.09. The highest BCUT2D eigenvalue weighted by Crippen LogP contribution is 2.34. The fourth-order valence-corrected chi connectivity index (χ4v) is 4.15. The first-order valence-electron chi connectivity index (χ1n) is 9.17. The zero-order chi connectivity index (χ0) is 15.2. The molecule has 1 saturated heterocycles. The minimum Gasteiger partial charge on any atom is -0.346 e. The van der Waals surface area contributed by atoms with Gasteiger partial charge in [0.1, 0.15) is 0 Å². The summed E-state index contributed by atoms with van der Waals surface area (Å²) in [7, 11) is 0. The molecule has 2 nitrogen and oxygen atoms in total. The fourth-order valence-electron chi connectivity index (χ4n) is 4.15. The van der Waals surface area contributed by atoms with E-state index in [0.717, 1.165) is 25.0 Å². The standard InChI is InChI=1S/C20H30O2/c1-2-5-16-6-3-7-17(14-16)10-11-18-8-4-9-19(15-18)20-21-12-13-22-20/h4,8-9,15-17,20H,2-3,5-7,10-14H2,1H3. The maximum absolute atomic E-state index is 5.61. The summed E-state index contributed by atoms with van der Waals surface area (Å²) in [6.07, 6.45) is 11.0. The van der Waals surface area contributed by atoms with Crippen LogP contribution in [0.2, 0.25) is 0 Å². The lowest BCUT2D eigenvalue weighted by molar-refractivity contribution is -0.0441. The lowest BCUT2D eigenvalue weighted by Gasteiger charge is -2.29. The molecule has 22 heavy (non-hydrogen) atoms. The van der Waals surface area contributed by atoms with E-state index < -0.39 is 0 Å². The summed E-state index contributed by atoms with van der Waals surface area (Å²) >= 11 is 0. The van der Waals surface area contributed by atoms with Crippen molar-refractivity contribution in [1.29, 1.82) is 0 Å². The molecular weight excluding hydrogens is 272 g/mol. The summed E-state index contributed by atoms with van der Waals surface area (Å²) in [4.78, 5) is 0. The van der Waals surface area contributed by atoms with Crippen molar-refractivity contribution < 1.29 is 9.47 Å². The highest BCUT2D eigenvalue weighted by molar-refractivity contribution is 5.24. The number of ether oxygens (including phenoxy) is 2. The Bertz CT molecular complexity index is 449. The Kier molecular flexibility index (Phi) is 5.91. The molecule has 0 aromatic heterocycles. The minimum absolute atomic E-state index is 0.136. The number of hydrogen-bond acceptors (Lipinski definition) is 2. The van der Waals surface area contributed by atoms with Crippen molar-refractivity contribution in [1.82, 2.24) is 0 Å². The molecule has 1 aliphatic heterocycles. The summed E-state index contributed by atoms with van der Waals surface area (Å²) in [5, 5.41) is 0. The van der Waals surface area contributed by atoms with E-state index in [-0.39, 0.29) is 6.29 Å². The van der Waals surface area contributed by atoms with Crippen molar-refractivity contribution in [2.24, 2.45) is 11.8 Å². The van der Waals surface area contributed by atoms with Gasteiger partial charge in [-0.15, -0.1) is 0 Å². The van der Waals surface area contributed by atoms with Gasteiger partial charge in [-0.3, -0.25) is 0 Å². The molecule has 0 bridgehead atoms. The van der Waals surface area contributed by atoms with Crippen LogP contribution in [0.1, 0.15) is 69.3 Å². The quantitative estimate of drug-likeness (QED) is 0.712. The van der Waals surface area contributed by atoms with Crippen LogP contribution in [0.3, 0.4) is 0 Å². The number of rotatable bonds is 6. The molecule has 2 heteroatoms. The molecule has 1 heterocycles. The number of hydrogen-bond donors (Lipinski definition) is 0. The highest BCUT2D eigenvalue weighted by Gasteiger charge is 2.22. The maximum atomic E-state index is 5.61. The predicted octanol–water partition coefficient (Wildman–Crippen LogP) is 5.27. The van der Waals surface area contributed by atoms with Crippen LogP contribution in [-0.4, -0.2) is 13.2 Å². The Morgan fingerprint density at radius 2 is 1.82 bits per heavy atom. The predicted molar refractivity (Wildman–Crippen MR) is 89.8 cm³/mol. The third-order valence-electron chi connectivity index (χ3n) is 5.27. The largest absolute Gasteiger partial charge is 0.346 e. The third-order valence-corrected chi connectivity index (χ3v) is 5.27. The SMILES string of the molecule is CCCC1CCCC(CCc2cccc(C3OCCO3)c2)C1. The van der Waals surface area contributed by atoms with Crippen LogP contribution in [0.25, 0.3) is 0 Å². The lowest BCUT2D eigenvalue weighted by atomic mass is 9.77. The Morgan fingerprint density at radius 3 is 2.59 bits per heavy atom. The Morgan fingerprint density at radius 1 is 1.05 bits per heavy atom. The molecule has 1 aliphatic carbocycles. The number of aryl methyl sites for hydroxylation is 1. The average molecular weight is 302 g/mol. The minimum atomic E-state index is -0.136. The molecule has 122 valence electrons. The van der Waals surface area contributed by atoms with E-state index in [4.69, 9.17) is 9.47 Å². The highest BCUT2D eigenvalue weighted by atomic mass is 16.7. The Hall–Kier alpha value is -0.860. The van der Waals surface area contributed by atoms with E-state index in [1.807, 2.05) is 0 Å². The Labute approximate surface area is 135 Å². The summed E-state index contributed by atoms with van der Waals surface area (Å²) in [5.74, 6) is 1.93. The van der Waals surface area contributed by atoms with Crippen LogP contribution in [0.15, 0.2) is 24.3 Å². The first-order chi connectivity index (χ1) is 10.8. The van der Waals surface area contributed by atoms with Gasteiger partial charge in [0.25, 0.3) is 0 Å². The molecule has 2 atom stereocenters. The first kappa shape index (κ1) is 16.0. The van der Waals surface area contributed by atoms with Gasteiger partial charge in [0.2, 0.25) is 0 Å². The molecule has 2 fully saturated rings. The third kappa shape index (κ3) is 4.33. The van der Waals surface area contributed by atoms with E-state index >= 15 is 0 Å². The molecule has 1 saturated carbocycles. The second-order valence-electron chi connectivity index (χ2n) is 7.04. The van der Waals surface area contributed by atoms with Gasteiger partial charge < -0.3 is 9.47 Å². The summed E-state index contributed by atoms with van der Waals surface area (Å²) in [6.45, 7) is 3.76. The van der Waals surface area contributed by atoms with Crippen molar-refractivity contribution in [3.8, 4) is 0 Å². The van der Waals surface area contributed by atoms with E-state index in [1.54, 1.807) is 0 Å². The molecule has 0 N–H and O–H groups in total. The van der Waals surface area contributed by atoms with Crippen LogP contribution in [0, 0.1) is 11.8 Å². The van der Waals surface area contributed by atoms with Gasteiger partial charge in [-0.1, -0.05) is 63.3 Å². The molecule has 2 aliphatic rings. The monoisotopic (exact) mass is 302 g/mol. The lowest BCUT2D eigenvalue weighted by Crippen LogP contribution is -2.16. The molecule has 0 spiro atoms. The molecule has 3 rings (SSSR count). The molecule has 0 radical (unpaired) electrons. The molecule has 1 aromatic carbocycles. The molecule has 0 amide bonds. The van der Waals surface area contributed by atoms with Gasteiger partial charge in [0.05, 0.1) is 13.2 Å². The first-order valence-corrected chi connectivity index (χ1v) is 9.17. The van der Waals surface area contributed by atoms with Crippen molar-refractivity contribution in [2.75, 3.05) is 13.2 Å². The maximum Gasteiger partial charge on any atom is 0.184 e. The number of benzene rings is 1. The van der Waals surface area contributed by atoms with Crippen molar-refractivity contribution >= 4 is 0 Å². The van der Waals surface area contributed by atoms with Crippen LogP contribution < -0.4 is 0 Å². The molecule has 2 unspecified atom stereocenters. The zero-order valence-electron chi connectivity index (χ0n) is 13.9. The van der Waals surface area contributed by atoms with Crippen LogP contribution in [0.5, 0.6) is 0 Å². The van der Waals surface area contributed by atoms with Gasteiger partial charge in [0, 0.05) is 5.56 Å². The zero-order valence-corrected chi connectivity index (χ0v) is 13.9. The molecule has 1 aromatic rings. The van der Waals surface area contributed by atoms with Crippen molar-refractivity contribution in [3.05, 3.63) is 35.4 Å². The van der Waals surface area contributed by atoms with Crippen LogP contribution in [0.4, 0.5) is 0 Å². The van der Waals surface area contributed by atoms with Crippen LogP contribution >= 0.6 is 0 Å². The van der Waals surface area contributed by atoms with E-state index in [9.17, 15) is 0 Å². The fraction of sp³-hybridized carbons (Fsp3) is 0.700. The smallest absolute Gasteiger partial charge is 0.184 e. The van der Waals surface area contributed by atoms with Gasteiger partial charge in [0.15, 0.2) is 6.29 Å². The van der Waals surface area contributed by atoms with Crippen molar-refractivity contribution in [3.63, 3.8) is 0 Å².